The van der Waals surface area contributed by atoms with E-state index in [0.29, 0.717) is 11.6 Å². The van der Waals surface area contributed by atoms with Gasteiger partial charge >= 0.3 is 0 Å². The van der Waals surface area contributed by atoms with E-state index < -0.39 is 6.04 Å². The van der Waals surface area contributed by atoms with Crippen LogP contribution >= 0.6 is 0 Å². The first kappa shape index (κ1) is 20.6. The van der Waals surface area contributed by atoms with Crippen molar-refractivity contribution in [3.63, 3.8) is 0 Å². The second-order valence-electron chi connectivity index (χ2n) is 7.07. The Morgan fingerprint density at radius 1 is 0.926 bits per heavy atom. The topological polar surface area (TPSA) is 62.6 Å². The van der Waals surface area contributed by atoms with Crippen molar-refractivity contribution in [3.8, 4) is 0 Å². The second kappa shape index (κ2) is 9.28. The van der Waals surface area contributed by atoms with Gasteiger partial charge < -0.3 is 15.5 Å². The standard InChI is InChI=1S/C21H26FN3O2/c1-14(2)16-5-9-19(10-6-16)24-21(27)15(3)25(4)13-20(26)23-18-11-7-17(22)8-12-18/h5-12,14-15H,13H2,1-4H3,(H,23,26)(H,24,27)/p+1/t15-/m1/s1. The third-order valence-corrected chi connectivity index (χ3v) is 4.54. The number of hydrogen-bond donors (Lipinski definition) is 3. The summed E-state index contributed by atoms with van der Waals surface area (Å²) in [5, 5.41) is 5.59. The highest BCUT2D eigenvalue weighted by molar-refractivity contribution is 5.94. The predicted octanol–water partition coefficient (Wildman–Crippen LogP) is 2.43. The molecule has 3 N–H and O–H groups in total. The summed E-state index contributed by atoms with van der Waals surface area (Å²) < 4.78 is 12.9. The Morgan fingerprint density at radius 2 is 1.44 bits per heavy atom. The largest absolute Gasteiger partial charge is 0.321 e. The lowest BCUT2D eigenvalue weighted by Crippen LogP contribution is -3.14. The van der Waals surface area contributed by atoms with E-state index in [1.165, 1.54) is 29.8 Å². The molecule has 144 valence electrons. The van der Waals surface area contributed by atoms with Crippen molar-refractivity contribution >= 4 is 23.2 Å². The number of hydrogen-bond acceptors (Lipinski definition) is 2. The number of nitrogens with one attached hydrogen (secondary N) is 3. The maximum atomic E-state index is 12.9. The van der Waals surface area contributed by atoms with Crippen LogP contribution in [0.4, 0.5) is 15.8 Å². The molecule has 2 aromatic carbocycles. The van der Waals surface area contributed by atoms with Gasteiger partial charge in [-0.25, -0.2) is 4.39 Å². The van der Waals surface area contributed by atoms with E-state index in [9.17, 15) is 14.0 Å². The van der Waals surface area contributed by atoms with Crippen molar-refractivity contribution in [1.82, 2.24) is 0 Å². The molecular weight excluding hydrogens is 345 g/mol. The number of rotatable bonds is 7. The van der Waals surface area contributed by atoms with E-state index in [4.69, 9.17) is 0 Å². The van der Waals surface area contributed by atoms with Crippen LogP contribution in [0.3, 0.4) is 0 Å². The van der Waals surface area contributed by atoms with E-state index in [-0.39, 0.29) is 24.2 Å². The summed E-state index contributed by atoms with van der Waals surface area (Å²) >= 11 is 0. The van der Waals surface area contributed by atoms with Crippen molar-refractivity contribution in [2.24, 2.45) is 0 Å². The molecule has 0 aliphatic rings. The lowest BCUT2D eigenvalue weighted by molar-refractivity contribution is -0.885. The quantitative estimate of drug-likeness (QED) is 0.699. The van der Waals surface area contributed by atoms with E-state index >= 15 is 0 Å². The minimum atomic E-state index is -0.409. The van der Waals surface area contributed by atoms with Gasteiger partial charge in [-0.05, 0) is 54.8 Å². The number of anilines is 2. The minimum absolute atomic E-state index is 0.123. The Labute approximate surface area is 159 Å². The maximum Gasteiger partial charge on any atom is 0.282 e. The van der Waals surface area contributed by atoms with Gasteiger partial charge in [0.25, 0.3) is 11.8 Å². The highest BCUT2D eigenvalue weighted by Gasteiger charge is 2.24. The maximum absolute atomic E-state index is 12.9. The van der Waals surface area contributed by atoms with Gasteiger partial charge in [0.05, 0.1) is 7.05 Å². The van der Waals surface area contributed by atoms with Crippen LogP contribution in [0.2, 0.25) is 0 Å². The normalized spacial score (nSPS) is 13.1. The molecule has 27 heavy (non-hydrogen) atoms. The zero-order valence-corrected chi connectivity index (χ0v) is 16.2. The molecule has 1 unspecified atom stereocenters. The highest BCUT2D eigenvalue weighted by atomic mass is 19.1. The van der Waals surface area contributed by atoms with E-state index in [1.54, 1.807) is 14.0 Å². The van der Waals surface area contributed by atoms with Gasteiger partial charge in [0.15, 0.2) is 12.6 Å². The molecule has 5 nitrogen and oxygen atoms in total. The average molecular weight is 372 g/mol. The number of benzene rings is 2. The summed E-state index contributed by atoms with van der Waals surface area (Å²) in [6.45, 7) is 6.13. The lowest BCUT2D eigenvalue weighted by atomic mass is 10.0. The first-order chi connectivity index (χ1) is 12.8. The van der Waals surface area contributed by atoms with Gasteiger partial charge in [-0.2, -0.15) is 0 Å². The van der Waals surface area contributed by atoms with Crippen LogP contribution in [0.15, 0.2) is 48.5 Å². The molecule has 0 spiro atoms. The lowest BCUT2D eigenvalue weighted by Gasteiger charge is -2.20. The van der Waals surface area contributed by atoms with Gasteiger partial charge in [-0.3, -0.25) is 9.59 Å². The third-order valence-electron chi connectivity index (χ3n) is 4.54. The fraction of sp³-hybridized carbons (Fsp3) is 0.333. The Bertz CT molecular complexity index is 773. The molecule has 0 saturated carbocycles. The number of carbonyl (C=O) groups is 2. The van der Waals surface area contributed by atoms with Crippen LogP contribution in [0.1, 0.15) is 32.3 Å². The summed E-state index contributed by atoms with van der Waals surface area (Å²) in [6, 6.07) is 12.9. The van der Waals surface area contributed by atoms with E-state index in [2.05, 4.69) is 24.5 Å². The number of amides is 2. The highest BCUT2D eigenvalue weighted by Crippen LogP contribution is 2.17. The molecule has 0 aromatic heterocycles. The zero-order chi connectivity index (χ0) is 20.0. The number of halogens is 1. The van der Waals surface area contributed by atoms with Crippen LogP contribution in [0.25, 0.3) is 0 Å². The van der Waals surface area contributed by atoms with Crippen LogP contribution in [-0.4, -0.2) is 31.4 Å². The molecule has 0 radical (unpaired) electrons. The van der Waals surface area contributed by atoms with Gasteiger partial charge in [0.2, 0.25) is 0 Å². The molecule has 2 rings (SSSR count). The number of quaternary nitrogens is 1. The van der Waals surface area contributed by atoms with Crippen LogP contribution in [0.5, 0.6) is 0 Å². The summed E-state index contributed by atoms with van der Waals surface area (Å²) in [4.78, 5) is 25.3. The molecule has 6 heteroatoms. The van der Waals surface area contributed by atoms with Crippen LogP contribution in [-0.2, 0) is 9.59 Å². The SMILES string of the molecule is CC(C)c1ccc(NC(=O)[C@@H](C)[NH+](C)CC(=O)Nc2ccc(F)cc2)cc1. The Kier molecular flexibility index (Phi) is 7.07. The fourth-order valence-corrected chi connectivity index (χ4v) is 2.57. The Balaban J connectivity index is 1.87. The van der Waals surface area contributed by atoms with Crippen molar-refractivity contribution in [3.05, 3.63) is 59.9 Å². The average Bonchev–Trinajstić information content (AvgIpc) is 2.63. The van der Waals surface area contributed by atoms with Crippen LogP contribution < -0.4 is 15.5 Å². The molecule has 0 heterocycles. The molecule has 0 aliphatic carbocycles. The predicted molar refractivity (Wildman–Crippen MR) is 105 cm³/mol. The minimum Gasteiger partial charge on any atom is -0.321 e. The summed E-state index contributed by atoms with van der Waals surface area (Å²) in [5.74, 6) is -0.314. The molecule has 2 aromatic rings. The molecule has 2 amide bonds. The molecular formula is C21H27FN3O2+. The summed E-state index contributed by atoms with van der Waals surface area (Å²) in [7, 11) is 1.79. The molecule has 0 saturated heterocycles. The summed E-state index contributed by atoms with van der Waals surface area (Å²) in [6.07, 6.45) is 0. The van der Waals surface area contributed by atoms with Crippen molar-refractivity contribution in [2.75, 3.05) is 24.2 Å². The van der Waals surface area contributed by atoms with Gasteiger partial charge in [0, 0.05) is 11.4 Å². The first-order valence-corrected chi connectivity index (χ1v) is 9.05. The van der Waals surface area contributed by atoms with E-state index in [0.717, 1.165) is 10.6 Å². The summed E-state index contributed by atoms with van der Waals surface area (Å²) in [5.41, 5.74) is 2.47. The molecule has 0 bridgehead atoms. The van der Waals surface area contributed by atoms with Crippen molar-refractivity contribution < 1.29 is 18.9 Å². The monoisotopic (exact) mass is 372 g/mol. The van der Waals surface area contributed by atoms with Crippen molar-refractivity contribution in [1.29, 1.82) is 0 Å². The molecule has 0 fully saturated rings. The zero-order valence-electron chi connectivity index (χ0n) is 16.2. The van der Waals surface area contributed by atoms with Crippen LogP contribution in [0, 0.1) is 5.82 Å². The Morgan fingerprint density at radius 3 is 2.00 bits per heavy atom. The number of carbonyl (C=O) groups excluding carboxylic acids is 2. The molecule has 0 aliphatic heterocycles. The van der Waals surface area contributed by atoms with E-state index in [1.807, 2.05) is 24.3 Å². The Hall–Kier alpha value is -2.73. The fourth-order valence-electron chi connectivity index (χ4n) is 2.57. The number of likely N-dealkylation sites (N-methyl/N-ethyl adjacent to an activating group) is 1. The second-order valence-corrected chi connectivity index (χ2v) is 7.07. The first-order valence-electron chi connectivity index (χ1n) is 9.05. The van der Waals surface area contributed by atoms with Crippen molar-refractivity contribution in [2.45, 2.75) is 32.7 Å². The third kappa shape index (κ3) is 6.18. The van der Waals surface area contributed by atoms with Gasteiger partial charge in [0.1, 0.15) is 5.82 Å². The molecule has 2 atom stereocenters. The smallest absolute Gasteiger partial charge is 0.282 e. The van der Waals surface area contributed by atoms with Gasteiger partial charge in [-0.1, -0.05) is 26.0 Å². The van der Waals surface area contributed by atoms with Gasteiger partial charge in [-0.15, -0.1) is 0 Å².